The molecule has 0 radical (unpaired) electrons. The highest BCUT2D eigenvalue weighted by molar-refractivity contribution is 7.17. The molecule has 0 bridgehead atoms. The van der Waals surface area contributed by atoms with Gasteiger partial charge in [-0.15, -0.1) is 0 Å². The quantitative estimate of drug-likeness (QED) is 0.819. The van der Waals surface area contributed by atoms with Gasteiger partial charge in [-0.3, -0.25) is 0 Å². The monoisotopic (exact) mass is 207 g/mol. The fourth-order valence-electron chi connectivity index (χ4n) is 0.724. The predicted molar refractivity (Wildman–Crippen MR) is 44.8 cm³/mol. The molecule has 1 rings (SSSR count). The minimum Gasteiger partial charge on any atom is -0.477 e. The van der Waals surface area contributed by atoms with Gasteiger partial charge in [-0.1, -0.05) is 22.9 Å². The first-order valence-electron chi connectivity index (χ1n) is 3.02. The summed E-state index contributed by atoms with van der Waals surface area (Å²) in [5.74, 6) is -1.02. The molecule has 1 aromatic heterocycles. The van der Waals surface area contributed by atoms with Crippen LogP contribution in [0.1, 0.15) is 15.4 Å². The lowest BCUT2D eigenvalue weighted by molar-refractivity contribution is 0.0697. The van der Waals surface area contributed by atoms with E-state index in [0.717, 1.165) is 11.3 Å². The van der Waals surface area contributed by atoms with Crippen LogP contribution >= 0.6 is 22.9 Å². The molecular weight excluding hydrogens is 202 g/mol. The summed E-state index contributed by atoms with van der Waals surface area (Å²) in [7, 11) is 1.47. The lowest BCUT2D eigenvalue weighted by atomic mass is 10.4. The van der Waals surface area contributed by atoms with Crippen LogP contribution in [0.25, 0.3) is 0 Å². The Morgan fingerprint density at radius 2 is 2.50 bits per heavy atom. The molecule has 1 N–H and O–H groups in total. The van der Waals surface area contributed by atoms with E-state index in [0.29, 0.717) is 5.69 Å². The van der Waals surface area contributed by atoms with Crippen LogP contribution in [-0.4, -0.2) is 23.2 Å². The van der Waals surface area contributed by atoms with Crippen molar-refractivity contribution in [1.82, 2.24) is 4.98 Å². The first-order chi connectivity index (χ1) is 5.65. The Kier molecular flexibility index (Phi) is 3.02. The van der Waals surface area contributed by atoms with Crippen molar-refractivity contribution in [1.29, 1.82) is 0 Å². The number of nitrogens with zero attached hydrogens (tertiary/aromatic N) is 1. The van der Waals surface area contributed by atoms with Crippen molar-refractivity contribution in [2.24, 2.45) is 0 Å². The lowest BCUT2D eigenvalue weighted by Crippen LogP contribution is -1.99. The summed E-state index contributed by atoms with van der Waals surface area (Å²) >= 11 is 6.47. The standard InChI is InChI=1S/C6H6ClNO3S/c1-11-2-3-4(5(9)10)12-6(7)8-3/h2H2,1H3,(H,9,10). The lowest BCUT2D eigenvalue weighted by Gasteiger charge is -1.94. The average Bonchev–Trinajstić information content (AvgIpc) is 2.32. The Labute approximate surface area is 77.8 Å². The molecule has 66 valence electrons. The van der Waals surface area contributed by atoms with Crippen LogP contribution < -0.4 is 0 Å². The molecule has 0 aliphatic carbocycles. The summed E-state index contributed by atoms with van der Waals surface area (Å²) in [6.07, 6.45) is 0. The number of halogens is 1. The van der Waals surface area contributed by atoms with Crippen LogP contribution in [0.5, 0.6) is 0 Å². The van der Waals surface area contributed by atoms with E-state index >= 15 is 0 Å². The number of ether oxygens (including phenoxy) is 1. The number of aromatic nitrogens is 1. The molecule has 0 unspecified atom stereocenters. The number of hydrogen-bond donors (Lipinski definition) is 1. The first-order valence-corrected chi connectivity index (χ1v) is 4.22. The Bertz CT molecular complexity index is 299. The molecule has 0 aliphatic heterocycles. The van der Waals surface area contributed by atoms with Crippen LogP contribution in [0.2, 0.25) is 4.47 Å². The van der Waals surface area contributed by atoms with Crippen molar-refractivity contribution in [2.75, 3.05) is 7.11 Å². The number of thiazole rings is 1. The maximum atomic E-state index is 10.6. The highest BCUT2D eigenvalue weighted by atomic mass is 35.5. The van der Waals surface area contributed by atoms with Crippen LogP contribution in [0.3, 0.4) is 0 Å². The second-order valence-corrected chi connectivity index (χ2v) is 3.56. The van der Waals surface area contributed by atoms with E-state index in [4.69, 9.17) is 21.4 Å². The molecule has 0 aliphatic rings. The van der Waals surface area contributed by atoms with Gasteiger partial charge in [0.25, 0.3) is 0 Å². The Morgan fingerprint density at radius 3 is 3.00 bits per heavy atom. The topological polar surface area (TPSA) is 59.4 Å². The number of rotatable bonds is 3. The van der Waals surface area contributed by atoms with Crippen molar-refractivity contribution in [3.05, 3.63) is 15.0 Å². The Hall–Kier alpha value is -0.650. The zero-order valence-electron chi connectivity index (χ0n) is 6.20. The van der Waals surface area contributed by atoms with Crippen LogP contribution in [0.15, 0.2) is 0 Å². The maximum absolute atomic E-state index is 10.6. The second-order valence-electron chi connectivity index (χ2n) is 1.98. The van der Waals surface area contributed by atoms with Crippen LogP contribution in [0.4, 0.5) is 0 Å². The third-order valence-corrected chi connectivity index (χ3v) is 2.34. The fourth-order valence-corrected chi connectivity index (χ4v) is 1.69. The van der Waals surface area contributed by atoms with Gasteiger partial charge in [0.05, 0.1) is 12.3 Å². The number of methoxy groups -OCH3 is 1. The van der Waals surface area contributed by atoms with E-state index in [9.17, 15) is 4.79 Å². The molecule has 4 nitrogen and oxygen atoms in total. The van der Waals surface area contributed by atoms with Crippen LogP contribution in [-0.2, 0) is 11.3 Å². The molecule has 0 aromatic carbocycles. The number of hydrogen-bond acceptors (Lipinski definition) is 4. The third-order valence-electron chi connectivity index (χ3n) is 1.15. The highest BCUT2D eigenvalue weighted by Crippen LogP contribution is 2.23. The van der Waals surface area contributed by atoms with Gasteiger partial charge in [-0.25, -0.2) is 9.78 Å². The SMILES string of the molecule is COCc1nc(Cl)sc1C(=O)O. The van der Waals surface area contributed by atoms with Gasteiger partial charge in [0.2, 0.25) is 0 Å². The van der Waals surface area contributed by atoms with E-state index in [1.54, 1.807) is 0 Å². The number of carbonyl (C=O) groups is 1. The van der Waals surface area contributed by atoms with Gasteiger partial charge in [-0.05, 0) is 0 Å². The molecule has 0 saturated heterocycles. The number of carboxylic acids is 1. The minimum absolute atomic E-state index is 0.141. The van der Waals surface area contributed by atoms with Crippen molar-refractivity contribution >= 4 is 28.9 Å². The average molecular weight is 208 g/mol. The zero-order chi connectivity index (χ0) is 9.14. The smallest absolute Gasteiger partial charge is 0.347 e. The first kappa shape index (κ1) is 9.44. The van der Waals surface area contributed by atoms with Gasteiger partial charge in [0.15, 0.2) is 4.47 Å². The van der Waals surface area contributed by atoms with E-state index in [1.807, 2.05) is 0 Å². The maximum Gasteiger partial charge on any atom is 0.347 e. The summed E-state index contributed by atoms with van der Waals surface area (Å²) in [6.45, 7) is 0.171. The van der Waals surface area contributed by atoms with Crippen LogP contribution in [0, 0.1) is 0 Å². The van der Waals surface area contributed by atoms with Crippen molar-refractivity contribution in [2.45, 2.75) is 6.61 Å². The van der Waals surface area contributed by atoms with Gasteiger partial charge in [-0.2, -0.15) is 0 Å². The van der Waals surface area contributed by atoms with Gasteiger partial charge < -0.3 is 9.84 Å². The fraction of sp³-hybridized carbons (Fsp3) is 0.333. The molecule has 6 heteroatoms. The highest BCUT2D eigenvalue weighted by Gasteiger charge is 2.15. The van der Waals surface area contributed by atoms with E-state index < -0.39 is 5.97 Å². The molecule has 0 atom stereocenters. The Balaban J connectivity index is 2.99. The van der Waals surface area contributed by atoms with Gasteiger partial charge >= 0.3 is 5.97 Å². The van der Waals surface area contributed by atoms with E-state index in [1.165, 1.54) is 7.11 Å². The summed E-state index contributed by atoms with van der Waals surface area (Å²) in [6, 6.07) is 0. The van der Waals surface area contributed by atoms with Gasteiger partial charge in [0, 0.05) is 7.11 Å². The Morgan fingerprint density at radius 1 is 1.83 bits per heavy atom. The molecule has 12 heavy (non-hydrogen) atoms. The number of carboxylic acid groups (broad SMARTS) is 1. The molecule has 1 heterocycles. The van der Waals surface area contributed by atoms with Crippen molar-refractivity contribution in [3.8, 4) is 0 Å². The number of aromatic carboxylic acids is 1. The summed E-state index contributed by atoms with van der Waals surface area (Å²) < 4.78 is 4.98. The zero-order valence-corrected chi connectivity index (χ0v) is 7.78. The van der Waals surface area contributed by atoms with Crippen molar-refractivity contribution in [3.63, 3.8) is 0 Å². The molecule has 0 fully saturated rings. The van der Waals surface area contributed by atoms with Crippen molar-refractivity contribution < 1.29 is 14.6 Å². The third kappa shape index (κ3) is 1.94. The summed E-state index contributed by atoms with van der Waals surface area (Å²) in [5, 5.41) is 8.66. The predicted octanol–water partition coefficient (Wildman–Crippen LogP) is 1.64. The molecule has 0 amide bonds. The molecule has 0 saturated carbocycles. The van der Waals surface area contributed by atoms with Gasteiger partial charge in [0.1, 0.15) is 4.88 Å². The second kappa shape index (κ2) is 3.84. The summed E-state index contributed by atoms with van der Waals surface area (Å²) in [4.78, 5) is 14.5. The molecule has 1 aromatic rings. The normalized spacial score (nSPS) is 10.2. The molecule has 0 spiro atoms. The molecular formula is C6H6ClNO3S. The summed E-state index contributed by atoms with van der Waals surface area (Å²) in [5.41, 5.74) is 0.375. The van der Waals surface area contributed by atoms with E-state index in [2.05, 4.69) is 4.98 Å². The minimum atomic E-state index is -1.02. The van der Waals surface area contributed by atoms with E-state index in [-0.39, 0.29) is 16.0 Å². The largest absolute Gasteiger partial charge is 0.477 e.